The number of hydrogen-bond donors (Lipinski definition) is 3. The summed E-state index contributed by atoms with van der Waals surface area (Å²) in [5, 5.41) is 12.5. The summed E-state index contributed by atoms with van der Waals surface area (Å²) >= 11 is 2.72. The van der Waals surface area contributed by atoms with E-state index < -0.39 is 35.2 Å². The molecule has 9 nitrogen and oxygen atoms in total. The van der Waals surface area contributed by atoms with Crippen LogP contribution >= 0.6 is 23.5 Å². The highest BCUT2D eigenvalue weighted by Crippen LogP contribution is 2.41. The molecule has 160 valence electrons. The third kappa shape index (κ3) is 4.29. The highest BCUT2D eigenvalue weighted by Gasteiger charge is 2.54. The molecule has 1 fully saturated rings. The van der Waals surface area contributed by atoms with Crippen LogP contribution in [0.4, 0.5) is 0 Å². The van der Waals surface area contributed by atoms with Crippen LogP contribution in [0.25, 0.3) is 0 Å². The van der Waals surface area contributed by atoms with E-state index in [-0.39, 0.29) is 5.70 Å². The summed E-state index contributed by atoms with van der Waals surface area (Å²) in [6.07, 6.45) is 3.22. The van der Waals surface area contributed by atoms with Gasteiger partial charge < -0.3 is 16.2 Å². The second-order valence-corrected chi connectivity index (χ2v) is 8.91. The Balaban J connectivity index is 1.46. The van der Waals surface area contributed by atoms with Gasteiger partial charge in [-0.1, -0.05) is 42.1 Å². The van der Waals surface area contributed by atoms with Crippen molar-refractivity contribution in [2.45, 2.75) is 22.6 Å². The van der Waals surface area contributed by atoms with Crippen molar-refractivity contribution in [2.24, 2.45) is 5.73 Å². The molecule has 2 aromatic rings. The van der Waals surface area contributed by atoms with Crippen LogP contribution in [0.1, 0.15) is 11.6 Å². The minimum atomic E-state index is -1.17. The number of aromatic nitrogens is 2. The Kier molecular flexibility index (Phi) is 6.25. The number of hydrogen-bond acceptors (Lipinski definition) is 8. The first kappa shape index (κ1) is 21.3. The Labute approximate surface area is 186 Å². The van der Waals surface area contributed by atoms with Gasteiger partial charge in [0.1, 0.15) is 23.2 Å². The average Bonchev–Trinajstić information content (AvgIpc) is 2.80. The van der Waals surface area contributed by atoms with Gasteiger partial charge in [0.25, 0.3) is 5.91 Å². The minimum Gasteiger partial charge on any atom is -0.477 e. The van der Waals surface area contributed by atoms with Gasteiger partial charge in [0.2, 0.25) is 5.91 Å². The molecule has 0 bridgehead atoms. The normalized spacial score (nSPS) is 21.2. The van der Waals surface area contributed by atoms with Crippen LogP contribution in [-0.2, 0) is 14.4 Å². The first-order valence-corrected chi connectivity index (χ1v) is 11.4. The summed E-state index contributed by atoms with van der Waals surface area (Å²) in [5.74, 6) is -1.33. The second-order valence-electron chi connectivity index (χ2n) is 6.86. The minimum absolute atomic E-state index is 0.0324. The van der Waals surface area contributed by atoms with Crippen molar-refractivity contribution < 1.29 is 19.5 Å². The molecule has 4 N–H and O–H groups in total. The van der Waals surface area contributed by atoms with Crippen molar-refractivity contribution in [2.75, 3.05) is 11.5 Å². The number of rotatable bonds is 7. The highest BCUT2D eigenvalue weighted by molar-refractivity contribution is 8.01. The summed E-state index contributed by atoms with van der Waals surface area (Å²) in [6.45, 7) is 0. The van der Waals surface area contributed by atoms with E-state index in [1.165, 1.54) is 28.4 Å². The zero-order valence-electron chi connectivity index (χ0n) is 16.2. The lowest BCUT2D eigenvalue weighted by atomic mass is 10.0. The summed E-state index contributed by atoms with van der Waals surface area (Å²) in [4.78, 5) is 46.7. The Morgan fingerprint density at radius 3 is 2.65 bits per heavy atom. The predicted molar refractivity (Wildman–Crippen MR) is 116 cm³/mol. The van der Waals surface area contributed by atoms with Crippen LogP contribution in [0.3, 0.4) is 0 Å². The number of nitrogens with zero attached hydrogens (tertiary/aromatic N) is 3. The molecule has 0 radical (unpaired) electrons. The van der Waals surface area contributed by atoms with Gasteiger partial charge in [-0.2, -0.15) is 0 Å². The average molecular weight is 458 g/mol. The van der Waals surface area contributed by atoms with Gasteiger partial charge in [-0.15, -0.1) is 11.8 Å². The second kappa shape index (κ2) is 9.08. The maximum atomic E-state index is 12.8. The Morgan fingerprint density at radius 1 is 1.26 bits per heavy atom. The van der Waals surface area contributed by atoms with E-state index in [9.17, 15) is 19.5 Å². The number of thioether (sulfide) groups is 2. The SMILES string of the molecule is NC(C(=O)NC1C(=O)N2C(C(=O)O)=C(CSc3ncccn3)CS[C@H]12)c1ccccc1. The first-order chi connectivity index (χ1) is 15.0. The highest BCUT2D eigenvalue weighted by atomic mass is 32.2. The van der Waals surface area contributed by atoms with Gasteiger partial charge >= 0.3 is 5.97 Å². The predicted octanol–water partition coefficient (Wildman–Crippen LogP) is 1.01. The van der Waals surface area contributed by atoms with Crippen LogP contribution in [0.5, 0.6) is 0 Å². The van der Waals surface area contributed by atoms with Crippen molar-refractivity contribution in [3.63, 3.8) is 0 Å². The monoisotopic (exact) mass is 457 g/mol. The quantitative estimate of drug-likeness (QED) is 0.316. The number of carboxylic acids is 1. The van der Waals surface area contributed by atoms with E-state index in [0.717, 1.165) is 0 Å². The van der Waals surface area contributed by atoms with E-state index in [1.807, 2.05) is 6.07 Å². The Morgan fingerprint density at radius 2 is 1.97 bits per heavy atom. The zero-order chi connectivity index (χ0) is 22.0. The topological polar surface area (TPSA) is 139 Å². The number of amides is 2. The molecule has 1 saturated heterocycles. The van der Waals surface area contributed by atoms with Gasteiger partial charge in [-0.05, 0) is 17.2 Å². The number of carbonyl (C=O) groups is 3. The molecule has 11 heteroatoms. The third-order valence-corrected chi connectivity index (χ3v) is 7.21. The summed E-state index contributed by atoms with van der Waals surface area (Å²) in [7, 11) is 0. The van der Waals surface area contributed by atoms with E-state index in [1.54, 1.807) is 42.7 Å². The largest absolute Gasteiger partial charge is 0.477 e. The van der Waals surface area contributed by atoms with E-state index in [0.29, 0.717) is 27.8 Å². The molecule has 4 rings (SSSR count). The van der Waals surface area contributed by atoms with Crippen molar-refractivity contribution in [3.05, 3.63) is 65.6 Å². The molecule has 3 heterocycles. The Bertz CT molecular complexity index is 1030. The summed E-state index contributed by atoms with van der Waals surface area (Å²) in [6, 6.07) is 8.82. The molecule has 0 spiro atoms. The number of nitrogens with two attached hydrogens (primary N) is 1. The smallest absolute Gasteiger partial charge is 0.352 e. The van der Waals surface area contributed by atoms with Gasteiger partial charge in [-0.3, -0.25) is 14.5 Å². The lowest BCUT2D eigenvalue weighted by Gasteiger charge is -2.49. The Hall–Kier alpha value is -2.89. The number of benzene rings is 1. The number of nitrogens with one attached hydrogen (secondary N) is 1. The standard InChI is InChI=1S/C20H19N5O4S2/c21-13(11-5-2-1-3-6-11)16(26)24-14-17(27)25-15(19(28)29)12(9-30-18(14)25)10-31-20-22-7-4-8-23-20/h1-8,13-14,18H,9-10,21H2,(H,24,26)(H,28,29)/t13?,14?,18-/m1/s1. The molecule has 1 aromatic heterocycles. The first-order valence-electron chi connectivity index (χ1n) is 9.38. The maximum Gasteiger partial charge on any atom is 0.352 e. The summed E-state index contributed by atoms with van der Waals surface area (Å²) in [5.41, 5.74) is 7.23. The number of carboxylic acid groups (broad SMARTS) is 1. The fourth-order valence-electron chi connectivity index (χ4n) is 3.36. The molecule has 2 aliphatic heterocycles. The molecule has 31 heavy (non-hydrogen) atoms. The van der Waals surface area contributed by atoms with Crippen LogP contribution in [0, 0.1) is 0 Å². The van der Waals surface area contributed by atoms with Gasteiger partial charge in [0, 0.05) is 23.9 Å². The van der Waals surface area contributed by atoms with E-state index >= 15 is 0 Å². The van der Waals surface area contributed by atoms with E-state index in [2.05, 4.69) is 15.3 Å². The van der Waals surface area contributed by atoms with Crippen molar-refractivity contribution in [1.82, 2.24) is 20.2 Å². The molecular formula is C20H19N5O4S2. The van der Waals surface area contributed by atoms with E-state index in [4.69, 9.17) is 5.73 Å². The van der Waals surface area contributed by atoms with Gasteiger partial charge in [-0.25, -0.2) is 14.8 Å². The number of aliphatic carboxylic acids is 1. The number of β-lactam (4-membered cyclic amide) rings is 1. The molecular weight excluding hydrogens is 438 g/mol. The maximum absolute atomic E-state index is 12.8. The van der Waals surface area contributed by atoms with Crippen LogP contribution in [0.2, 0.25) is 0 Å². The number of carbonyl (C=O) groups excluding carboxylic acids is 2. The molecule has 0 aliphatic carbocycles. The zero-order valence-corrected chi connectivity index (χ0v) is 17.8. The third-order valence-electron chi connectivity index (χ3n) is 4.91. The molecule has 2 unspecified atom stereocenters. The van der Waals surface area contributed by atoms with Crippen LogP contribution < -0.4 is 11.1 Å². The van der Waals surface area contributed by atoms with Crippen molar-refractivity contribution in [3.8, 4) is 0 Å². The van der Waals surface area contributed by atoms with Crippen molar-refractivity contribution >= 4 is 41.3 Å². The molecule has 0 saturated carbocycles. The molecule has 1 aromatic carbocycles. The lowest BCUT2D eigenvalue weighted by Crippen LogP contribution is -2.71. The fraction of sp³-hybridized carbons (Fsp3) is 0.250. The molecule has 2 amide bonds. The van der Waals surface area contributed by atoms with Gasteiger partial charge in [0.05, 0.1) is 0 Å². The number of fused-ring (bicyclic) bond motifs is 1. The summed E-state index contributed by atoms with van der Waals surface area (Å²) < 4.78 is 0. The van der Waals surface area contributed by atoms with Crippen molar-refractivity contribution in [1.29, 1.82) is 0 Å². The van der Waals surface area contributed by atoms with Crippen LogP contribution in [0.15, 0.2) is 65.2 Å². The van der Waals surface area contributed by atoms with Gasteiger partial charge in [0.15, 0.2) is 5.16 Å². The van der Waals surface area contributed by atoms with Crippen LogP contribution in [-0.4, -0.2) is 60.7 Å². The molecule has 3 atom stereocenters. The lowest BCUT2D eigenvalue weighted by molar-refractivity contribution is -0.150. The fourth-order valence-corrected chi connectivity index (χ4v) is 5.65. The molecule has 2 aliphatic rings.